The van der Waals surface area contributed by atoms with Crippen LogP contribution < -0.4 is 5.43 Å². The molecule has 1 aromatic carbocycles. The second-order valence-electron chi connectivity index (χ2n) is 6.57. The molecular formula is C19H17Cl3N4OS. The lowest BCUT2D eigenvalue weighted by Crippen LogP contribution is -2.40. The van der Waals surface area contributed by atoms with Crippen molar-refractivity contribution in [3.63, 3.8) is 0 Å². The monoisotopic (exact) mass is 454 g/mol. The number of rotatable bonds is 4. The van der Waals surface area contributed by atoms with E-state index in [2.05, 4.69) is 10.5 Å². The quantitative estimate of drug-likeness (QED) is 0.556. The zero-order valence-electron chi connectivity index (χ0n) is 15.0. The van der Waals surface area contributed by atoms with Gasteiger partial charge >= 0.3 is 0 Å². The summed E-state index contributed by atoms with van der Waals surface area (Å²) in [7, 11) is 0. The number of carbonyl (C=O) groups excluding carboxylic acids is 1. The number of nitrogens with one attached hydrogen (secondary N) is 1. The molecule has 0 atom stereocenters. The van der Waals surface area contributed by atoms with E-state index in [4.69, 9.17) is 34.8 Å². The van der Waals surface area contributed by atoms with Gasteiger partial charge in [0.2, 0.25) is 0 Å². The molecule has 3 aromatic rings. The van der Waals surface area contributed by atoms with E-state index in [0.29, 0.717) is 25.8 Å². The number of halogens is 3. The minimum Gasteiger partial charge on any atom is -0.283 e. The van der Waals surface area contributed by atoms with Gasteiger partial charge in [-0.25, -0.2) is 9.69 Å². The lowest BCUT2D eigenvalue weighted by atomic mass is 10.1. The third kappa shape index (κ3) is 3.80. The molecule has 0 saturated carbocycles. The van der Waals surface area contributed by atoms with Crippen molar-refractivity contribution < 1.29 is 4.79 Å². The Morgan fingerprint density at radius 2 is 1.89 bits per heavy atom. The van der Waals surface area contributed by atoms with Crippen LogP contribution in [-0.2, 0) is 0 Å². The smallest absolute Gasteiger partial charge is 0.283 e. The molecule has 146 valence electrons. The highest BCUT2D eigenvalue weighted by atomic mass is 35.5. The molecule has 1 saturated heterocycles. The average Bonchev–Trinajstić information content (AvgIpc) is 3.36. The zero-order chi connectivity index (χ0) is 19.8. The molecule has 0 aliphatic carbocycles. The Morgan fingerprint density at radius 3 is 2.54 bits per heavy atom. The van der Waals surface area contributed by atoms with Crippen molar-refractivity contribution >= 4 is 52.0 Å². The van der Waals surface area contributed by atoms with Crippen LogP contribution >= 0.6 is 46.1 Å². The van der Waals surface area contributed by atoms with E-state index in [1.807, 2.05) is 24.1 Å². The fourth-order valence-corrected chi connectivity index (χ4v) is 4.91. The number of hydrogen-bond acceptors (Lipinski definition) is 4. The summed E-state index contributed by atoms with van der Waals surface area (Å²) in [6.45, 7) is 3.58. The largest absolute Gasteiger partial charge is 0.286 e. The van der Waals surface area contributed by atoms with E-state index in [1.54, 1.807) is 22.9 Å². The van der Waals surface area contributed by atoms with E-state index >= 15 is 0 Å². The topological polar surface area (TPSA) is 50.2 Å². The molecule has 1 aliphatic heterocycles. The molecule has 5 nitrogen and oxygen atoms in total. The summed E-state index contributed by atoms with van der Waals surface area (Å²) in [4.78, 5) is 13.8. The molecule has 0 bridgehead atoms. The van der Waals surface area contributed by atoms with Crippen LogP contribution in [0, 0.1) is 6.92 Å². The maximum Gasteiger partial charge on any atom is 0.286 e. The van der Waals surface area contributed by atoms with Gasteiger partial charge in [0, 0.05) is 23.7 Å². The molecule has 1 fully saturated rings. The Labute approximate surface area is 181 Å². The maximum atomic E-state index is 12.9. The van der Waals surface area contributed by atoms with Crippen molar-refractivity contribution in [2.45, 2.75) is 19.8 Å². The van der Waals surface area contributed by atoms with Crippen LogP contribution in [0.2, 0.25) is 14.4 Å². The molecule has 1 amide bonds. The molecule has 1 aliphatic rings. The molecule has 1 N–H and O–H groups in total. The minimum absolute atomic E-state index is 0.230. The Kier molecular flexibility index (Phi) is 5.67. The molecule has 9 heteroatoms. The molecule has 28 heavy (non-hydrogen) atoms. The van der Waals surface area contributed by atoms with Crippen molar-refractivity contribution in [2.75, 3.05) is 13.1 Å². The van der Waals surface area contributed by atoms with Gasteiger partial charge in [-0.05, 0) is 50.1 Å². The van der Waals surface area contributed by atoms with E-state index < -0.39 is 0 Å². The van der Waals surface area contributed by atoms with E-state index in [9.17, 15) is 4.79 Å². The number of nitrogens with zero attached hydrogens (tertiary/aromatic N) is 3. The maximum absolute atomic E-state index is 12.9. The predicted octanol–water partition coefficient (Wildman–Crippen LogP) is 5.61. The van der Waals surface area contributed by atoms with Crippen molar-refractivity contribution in [1.82, 2.24) is 20.2 Å². The highest BCUT2D eigenvalue weighted by molar-refractivity contribution is 7.19. The Hall–Kier alpha value is -1.57. The fraction of sp³-hybridized carbons (Fsp3) is 0.263. The first-order valence-corrected chi connectivity index (χ1v) is 10.8. The lowest BCUT2D eigenvalue weighted by molar-refractivity contribution is 0.0819. The standard InChI is InChI=1S/C19H17Cl3N4OS/c1-11-17(19(27)24-25-8-2-3-9-25)23-26(14-5-4-12(20)10-13(14)21)18(11)15-6-7-16(22)28-15/h4-7,10H,2-3,8-9H2,1H3,(H,24,27). The van der Waals surface area contributed by atoms with E-state index in [0.717, 1.165) is 42.1 Å². The van der Waals surface area contributed by atoms with Gasteiger partial charge in [0.25, 0.3) is 5.91 Å². The van der Waals surface area contributed by atoms with Gasteiger partial charge in [-0.15, -0.1) is 11.3 Å². The van der Waals surface area contributed by atoms with Crippen LogP contribution in [-0.4, -0.2) is 33.8 Å². The minimum atomic E-state index is -0.230. The number of hydrazine groups is 1. The van der Waals surface area contributed by atoms with Gasteiger partial charge in [0.05, 0.1) is 25.6 Å². The Bertz CT molecular complexity index is 1040. The van der Waals surface area contributed by atoms with E-state index in [-0.39, 0.29) is 5.91 Å². The van der Waals surface area contributed by atoms with Gasteiger partial charge in [-0.1, -0.05) is 34.8 Å². The summed E-state index contributed by atoms with van der Waals surface area (Å²) in [6, 6.07) is 8.93. The average molecular weight is 456 g/mol. The molecule has 4 rings (SSSR count). The number of aromatic nitrogens is 2. The first-order valence-electron chi connectivity index (χ1n) is 8.80. The van der Waals surface area contributed by atoms with Crippen LogP contribution in [0.5, 0.6) is 0 Å². The molecule has 2 aromatic heterocycles. The van der Waals surface area contributed by atoms with Crippen molar-refractivity contribution in [3.8, 4) is 16.3 Å². The first-order chi connectivity index (χ1) is 13.4. The summed E-state index contributed by atoms with van der Waals surface area (Å²) in [5.41, 5.74) is 5.51. The van der Waals surface area contributed by atoms with Crippen molar-refractivity contribution in [1.29, 1.82) is 0 Å². The second kappa shape index (κ2) is 8.05. The van der Waals surface area contributed by atoms with Gasteiger partial charge in [0.1, 0.15) is 0 Å². The van der Waals surface area contributed by atoms with Gasteiger partial charge in [0.15, 0.2) is 5.69 Å². The van der Waals surface area contributed by atoms with Gasteiger partial charge in [-0.2, -0.15) is 5.10 Å². The predicted molar refractivity (Wildman–Crippen MR) is 115 cm³/mol. The van der Waals surface area contributed by atoms with Crippen molar-refractivity contribution in [2.24, 2.45) is 0 Å². The highest BCUT2D eigenvalue weighted by Crippen LogP contribution is 2.37. The van der Waals surface area contributed by atoms with Crippen LogP contribution in [0.3, 0.4) is 0 Å². The first kappa shape index (κ1) is 19.7. The summed E-state index contributed by atoms with van der Waals surface area (Å²) >= 11 is 20.1. The SMILES string of the molecule is Cc1c(C(=O)NN2CCCC2)nn(-c2ccc(Cl)cc2Cl)c1-c1ccc(Cl)s1. The van der Waals surface area contributed by atoms with Crippen LogP contribution in [0.15, 0.2) is 30.3 Å². The Balaban J connectivity index is 1.82. The fourth-order valence-electron chi connectivity index (χ4n) is 3.30. The lowest BCUT2D eigenvalue weighted by Gasteiger charge is -2.15. The van der Waals surface area contributed by atoms with Gasteiger partial charge in [-0.3, -0.25) is 10.2 Å². The summed E-state index contributed by atoms with van der Waals surface area (Å²) in [5.74, 6) is -0.230. The number of amides is 1. The van der Waals surface area contributed by atoms with Crippen LogP contribution in [0.1, 0.15) is 28.9 Å². The highest BCUT2D eigenvalue weighted by Gasteiger charge is 2.25. The number of benzene rings is 1. The summed E-state index contributed by atoms with van der Waals surface area (Å²) < 4.78 is 2.35. The van der Waals surface area contributed by atoms with Crippen LogP contribution in [0.4, 0.5) is 0 Å². The van der Waals surface area contributed by atoms with Gasteiger partial charge < -0.3 is 0 Å². The number of carbonyl (C=O) groups is 1. The zero-order valence-corrected chi connectivity index (χ0v) is 18.1. The van der Waals surface area contributed by atoms with Crippen LogP contribution in [0.25, 0.3) is 16.3 Å². The molecular weight excluding hydrogens is 439 g/mol. The molecule has 0 unspecified atom stereocenters. The normalized spacial score (nSPS) is 14.6. The number of thiophene rings is 1. The summed E-state index contributed by atoms with van der Waals surface area (Å²) in [6.07, 6.45) is 2.15. The van der Waals surface area contributed by atoms with E-state index in [1.165, 1.54) is 11.3 Å². The third-order valence-corrected chi connectivity index (χ3v) is 6.42. The molecule has 0 spiro atoms. The third-order valence-electron chi connectivity index (χ3n) is 4.65. The molecule has 0 radical (unpaired) electrons. The molecule has 3 heterocycles. The Morgan fingerprint density at radius 1 is 1.14 bits per heavy atom. The summed E-state index contributed by atoms with van der Waals surface area (Å²) in [5, 5.41) is 7.52. The van der Waals surface area contributed by atoms with Crippen molar-refractivity contribution in [3.05, 3.63) is 56.0 Å². The second-order valence-corrected chi connectivity index (χ2v) is 9.13. The number of hydrogen-bond donors (Lipinski definition) is 1.